The summed E-state index contributed by atoms with van der Waals surface area (Å²) in [6.07, 6.45) is 2.82. The van der Waals surface area contributed by atoms with Crippen molar-refractivity contribution in [2.45, 2.75) is 43.6 Å². The molecule has 0 spiro atoms. The maximum absolute atomic E-state index is 13.3. The van der Waals surface area contributed by atoms with Crippen molar-refractivity contribution >= 4 is 23.3 Å². The smallest absolute Gasteiger partial charge is 0.451 e. The van der Waals surface area contributed by atoms with E-state index in [1.807, 2.05) is 0 Å². The highest BCUT2D eigenvalue weighted by Gasteiger charge is 2.54. The van der Waals surface area contributed by atoms with Crippen LogP contribution in [0.25, 0.3) is 0 Å². The molecule has 154 valence electrons. The van der Waals surface area contributed by atoms with Crippen LogP contribution in [-0.2, 0) is 15.0 Å². The van der Waals surface area contributed by atoms with Crippen LogP contribution in [0.5, 0.6) is 0 Å². The Bertz CT molecular complexity index is 657. The molecule has 6 N–H and O–H groups in total. The quantitative estimate of drug-likeness (QED) is 0.259. The lowest BCUT2D eigenvalue weighted by atomic mass is 9.78. The molecule has 27 heavy (non-hydrogen) atoms. The molecule has 2 heterocycles. The van der Waals surface area contributed by atoms with Gasteiger partial charge in [0.05, 0.1) is 6.04 Å². The number of carboxylic acid groups (broad SMARTS) is 1. The molecule has 0 aromatic rings. The molecule has 1 saturated carbocycles. The summed E-state index contributed by atoms with van der Waals surface area (Å²) in [5, 5.41) is 30.7. The molecule has 1 aliphatic carbocycles. The Hall–Kier alpha value is -0.755. The third kappa shape index (κ3) is 4.47. The highest BCUT2D eigenvalue weighted by molar-refractivity contribution is 7.86. The number of nitrogens with zero attached hydrogens (tertiary/aromatic N) is 2. The van der Waals surface area contributed by atoms with E-state index < -0.39 is 34.8 Å². The van der Waals surface area contributed by atoms with Gasteiger partial charge in [-0.1, -0.05) is 6.42 Å². The van der Waals surface area contributed by atoms with Gasteiger partial charge in [0.2, 0.25) is 0 Å². The number of nitrogens with two attached hydrogens (primary N) is 1. The van der Waals surface area contributed by atoms with Gasteiger partial charge in [0.25, 0.3) is 10.2 Å². The Morgan fingerprint density at radius 1 is 1.33 bits per heavy atom. The Kier molecular flexibility index (Phi) is 6.16. The Balaban J connectivity index is 1.74. The summed E-state index contributed by atoms with van der Waals surface area (Å²) in [7, 11) is -5.28. The number of carbonyl (C=O) groups is 1. The fourth-order valence-corrected chi connectivity index (χ4v) is 5.79. The van der Waals surface area contributed by atoms with Gasteiger partial charge in [0.15, 0.2) is 0 Å². The molecule has 12 heteroatoms. The fraction of sp³-hybridized carbons (Fsp3) is 0.933. The van der Waals surface area contributed by atoms with Crippen molar-refractivity contribution in [1.82, 2.24) is 13.9 Å². The topological polar surface area (TPSA) is 156 Å². The zero-order chi connectivity index (χ0) is 19.8. The highest BCUT2D eigenvalue weighted by Crippen LogP contribution is 2.36. The molecule has 0 radical (unpaired) electrons. The second-order valence-corrected chi connectivity index (χ2v) is 9.96. The summed E-state index contributed by atoms with van der Waals surface area (Å²) in [6.45, 7) is 1.44. The maximum atomic E-state index is 13.3. The van der Waals surface area contributed by atoms with Gasteiger partial charge in [0.1, 0.15) is 5.54 Å². The van der Waals surface area contributed by atoms with Crippen LogP contribution in [0.1, 0.15) is 25.7 Å². The summed E-state index contributed by atoms with van der Waals surface area (Å²) < 4.78 is 29.3. The third-order valence-electron chi connectivity index (χ3n) is 5.93. The number of aliphatic carboxylic acids is 1. The van der Waals surface area contributed by atoms with Crippen molar-refractivity contribution in [1.29, 1.82) is 0 Å². The minimum atomic E-state index is -3.81. The lowest BCUT2D eigenvalue weighted by molar-refractivity contribution is -0.144. The van der Waals surface area contributed by atoms with E-state index in [-0.39, 0.29) is 25.5 Å². The summed E-state index contributed by atoms with van der Waals surface area (Å²) in [4.78, 5) is 11.8. The van der Waals surface area contributed by atoms with Crippen molar-refractivity contribution in [3.05, 3.63) is 0 Å². The van der Waals surface area contributed by atoms with E-state index in [0.717, 1.165) is 12.8 Å². The number of hydrogen-bond acceptors (Lipinski definition) is 7. The third-order valence-corrected chi connectivity index (χ3v) is 7.90. The van der Waals surface area contributed by atoms with Crippen molar-refractivity contribution in [3.63, 3.8) is 0 Å². The van der Waals surface area contributed by atoms with Gasteiger partial charge in [-0.2, -0.15) is 17.0 Å². The number of carboxylic acids is 1. The predicted molar refractivity (Wildman–Crippen MR) is 98.9 cm³/mol. The predicted octanol–water partition coefficient (Wildman–Crippen LogP) is -2.12. The highest BCUT2D eigenvalue weighted by atomic mass is 32.2. The van der Waals surface area contributed by atoms with Crippen molar-refractivity contribution in [2.75, 3.05) is 32.7 Å². The average Bonchev–Trinajstić information content (AvgIpc) is 3.27. The van der Waals surface area contributed by atoms with Crippen LogP contribution in [0, 0.1) is 11.8 Å². The first-order valence-corrected chi connectivity index (χ1v) is 10.9. The zero-order valence-electron chi connectivity index (χ0n) is 15.3. The van der Waals surface area contributed by atoms with Gasteiger partial charge in [0, 0.05) is 38.6 Å². The van der Waals surface area contributed by atoms with Gasteiger partial charge in [-0.3, -0.25) is 4.79 Å². The van der Waals surface area contributed by atoms with Crippen LogP contribution in [0.4, 0.5) is 0 Å². The average molecular weight is 404 g/mol. The van der Waals surface area contributed by atoms with Gasteiger partial charge in [-0.05, 0) is 31.5 Å². The standard InChI is InChI=1S/C15H29BN4O6S/c17-15(14(21)22)10-19(9-12(15)2-1-5-16(23)24)27(25,26)20(8-11-3-4-11)13-6-18-7-13/h11-13,18,23-24H,1-10,17H2,(H,21,22)/t12-,15-/m0/s1. The van der Waals surface area contributed by atoms with Crippen molar-refractivity contribution in [3.8, 4) is 0 Å². The molecule has 0 amide bonds. The molecular formula is C15H29BN4O6S. The van der Waals surface area contributed by atoms with Crippen LogP contribution in [0.3, 0.4) is 0 Å². The second-order valence-electron chi connectivity index (χ2n) is 8.08. The van der Waals surface area contributed by atoms with E-state index in [4.69, 9.17) is 15.8 Å². The molecule has 10 nitrogen and oxygen atoms in total. The number of rotatable bonds is 10. The Morgan fingerprint density at radius 3 is 2.48 bits per heavy atom. The minimum absolute atomic E-state index is 0.0357. The first-order chi connectivity index (χ1) is 12.6. The normalized spacial score (nSPS) is 29.9. The van der Waals surface area contributed by atoms with E-state index in [1.54, 1.807) is 0 Å². The molecule has 0 bridgehead atoms. The molecule has 2 saturated heterocycles. The largest absolute Gasteiger partial charge is 0.480 e. The van der Waals surface area contributed by atoms with E-state index in [1.165, 1.54) is 8.61 Å². The first kappa shape index (κ1) is 21.0. The van der Waals surface area contributed by atoms with Crippen LogP contribution in [0.15, 0.2) is 0 Å². The molecular weight excluding hydrogens is 375 g/mol. The summed E-state index contributed by atoms with van der Waals surface area (Å²) in [5.41, 5.74) is 4.45. The summed E-state index contributed by atoms with van der Waals surface area (Å²) >= 11 is 0. The second kappa shape index (κ2) is 7.93. The van der Waals surface area contributed by atoms with E-state index in [2.05, 4.69) is 5.32 Å². The van der Waals surface area contributed by atoms with Gasteiger partial charge < -0.3 is 26.2 Å². The Labute approximate surface area is 160 Å². The first-order valence-electron chi connectivity index (χ1n) is 9.50. The van der Waals surface area contributed by atoms with Crippen LogP contribution in [-0.4, -0.2) is 89.6 Å². The van der Waals surface area contributed by atoms with Crippen molar-refractivity contribution < 1.29 is 28.4 Å². The van der Waals surface area contributed by atoms with E-state index >= 15 is 0 Å². The summed E-state index contributed by atoms with van der Waals surface area (Å²) in [6, 6.07) is -0.101. The molecule has 3 fully saturated rings. The lowest BCUT2D eigenvalue weighted by Crippen LogP contribution is -2.62. The molecule has 0 unspecified atom stereocenters. The summed E-state index contributed by atoms with van der Waals surface area (Å²) in [5.74, 6) is -1.42. The zero-order valence-corrected chi connectivity index (χ0v) is 16.1. The van der Waals surface area contributed by atoms with Crippen LogP contribution in [0.2, 0.25) is 6.32 Å². The molecule has 2 atom stereocenters. The SMILES string of the molecule is N[C@@]1(C(=O)O)CN(S(=O)(=O)N(CC2CC2)C2CNC2)C[C@@H]1CCCB(O)O. The van der Waals surface area contributed by atoms with Gasteiger partial charge in [-0.25, -0.2) is 0 Å². The monoisotopic (exact) mass is 404 g/mol. The van der Waals surface area contributed by atoms with Crippen LogP contribution >= 0.6 is 0 Å². The number of hydrogen-bond donors (Lipinski definition) is 5. The van der Waals surface area contributed by atoms with E-state index in [9.17, 15) is 18.3 Å². The van der Waals surface area contributed by atoms with Crippen molar-refractivity contribution in [2.24, 2.45) is 17.6 Å². The Morgan fingerprint density at radius 2 is 2.00 bits per heavy atom. The maximum Gasteiger partial charge on any atom is 0.451 e. The van der Waals surface area contributed by atoms with E-state index in [0.29, 0.717) is 38.4 Å². The minimum Gasteiger partial charge on any atom is -0.480 e. The molecule has 0 aromatic heterocycles. The molecule has 3 rings (SSSR count). The van der Waals surface area contributed by atoms with Crippen LogP contribution < -0.4 is 11.1 Å². The lowest BCUT2D eigenvalue weighted by Gasteiger charge is -2.39. The molecule has 0 aromatic carbocycles. The number of nitrogens with one attached hydrogen (secondary N) is 1. The molecule has 3 aliphatic rings. The molecule has 2 aliphatic heterocycles. The van der Waals surface area contributed by atoms with Gasteiger partial charge >= 0.3 is 13.1 Å². The fourth-order valence-electron chi connectivity index (χ4n) is 3.82. The van der Waals surface area contributed by atoms with Gasteiger partial charge in [-0.15, -0.1) is 0 Å².